The smallest absolute Gasteiger partial charge is 0.271 e. The highest BCUT2D eigenvalue weighted by atomic mass is 19.1. The standard InChI is InChI=1S/C19H21FN4O2/c1-23-12-15(11-21-23)13-6-8-24(9-7-13)19(25)17-10-18(26-22-17)14-2-4-16(20)5-3-14/h2-5,11-13,18H,6-10H2,1H3. The minimum atomic E-state index is -0.317. The molecule has 136 valence electrons. The number of aryl methyl sites for hydroxylation is 1. The quantitative estimate of drug-likeness (QED) is 0.850. The van der Waals surface area contributed by atoms with Crippen LogP contribution in [0.1, 0.15) is 42.4 Å². The molecule has 0 saturated carbocycles. The molecule has 1 aromatic heterocycles. The Bertz CT molecular complexity index is 822. The molecule has 6 nitrogen and oxygen atoms in total. The lowest BCUT2D eigenvalue weighted by Gasteiger charge is -2.31. The molecule has 0 radical (unpaired) electrons. The van der Waals surface area contributed by atoms with E-state index in [0.717, 1.165) is 18.4 Å². The molecule has 1 unspecified atom stereocenters. The maximum Gasteiger partial charge on any atom is 0.271 e. The van der Waals surface area contributed by atoms with Gasteiger partial charge in [-0.15, -0.1) is 0 Å². The number of carbonyl (C=O) groups is 1. The maximum atomic E-state index is 13.0. The van der Waals surface area contributed by atoms with Crippen LogP contribution in [0, 0.1) is 5.82 Å². The molecule has 1 aromatic carbocycles. The van der Waals surface area contributed by atoms with Gasteiger partial charge in [0.25, 0.3) is 5.91 Å². The molecule has 1 saturated heterocycles. The predicted molar refractivity (Wildman–Crippen MR) is 94.0 cm³/mol. The third-order valence-electron chi connectivity index (χ3n) is 5.14. The zero-order chi connectivity index (χ0) is 18.1. The summed E-state index contributed by atoms with van der Waals surface area (Å²) in [5, 5.41) is 8.22. The molecule has 0 bridgehead atoms. The monoisotopic (exact) mass is 356 g/mol. The average Bonchev–Trinajstić information content (AvgIpc) is 3.31. The van der Waals surface area contributed by atoms with Gasteiger partial charge in [0.2, 0.25) is 0 Å². The van der Waals surface area contributed by atoms with Gasteiger partial charge in [-0.1, -0.05) is 17.3 Å². The zero-order valence-corrected chi connectivity index (χ0v) is 14.6. The van der Waals surface area contributed by atoms with Crippen LogP contribution in [0.25, 0.3) is 0 Å². The Morgan fingerprint density at radius 2 is 1.92 bits per heavy atom. The minimum Gasteiger partial charge on any atom is -0.387 e. The van der Waals surface area contributed by atoms with Crippen molar-refractivity contribution in [3.8, 4) is 0 Å². The highest BCUT2D eigenvalue weighted by Gasteiger charge is 2.32. The fraction of sp³-hybridized carbons (Fsp3) is 0.421. The Morgan fingerprint density at radius 1 is 1.19 bits per heavy atom. The number of aromatic nitrogens is 2. The number of amides is 1. The van der Waals surface area contributed by atoms with E-state index in [9.17, 15) is 9.18 Å². The normalized spacial score (nSPS) is 20.8. The first-order valence-corrected chi connectivity index (χ1v) is 8.86. The van der Waals surface area contributed by atoms with Gasteiger partial charge in [0, 0.05) is 32.8 Å². The molecule has 0 spiro atoms. The van der Waals surface area contributed by atoms with Crippen LogP contribution < -0.4 is 0 Å². The second-order valence-electron chi connectivity index (χ2n) is 6.90. The molecule has 0 N–H and O–H groups in total. The van der Waals surface area contributed by atoms with Crippen LogP contribution in [0.15, 0.2) is 41.8 Å². The van der Waals surface area contributed by atoms with Crippen molar-refractivity contribution in [1.29, 1.82) is 0 Å². The van der Waals surface area contributed by atoms with Gasteiger partial charge < -0.3 is 9.74 Å². The van der Waals surface area contributed by atoms with E-state index in [1.807, 2.05) is 29.0 Å². The molecule has 1 atom stereocenters. The molecule has 1 fully saturated rings. The Morgan fingerprint density at radius 3 is 2.58 bits per heavy atom. The lowest BCUT2D eigenvalue weighted by atomic mass is 9.91. The van der Waals surface area contributed by atoms with Crippen molar-refractivity contribution < 1.29 is 14.0 Å². The lowest BCUT2D eigenvalue weighted by molar-refractivity contribution is -0.125. The van der Waals surface area contributed by atoms with Crippen LogP contribution in [-0.4, -0.2) is 39.4 Å². The Balaban J connectivity index is 1.33. The third-order valence-corrected chi connectivity index (χ3v) is 5.14. The highest BCUT2D eigenvalue weighted by Crippen LogP contribution is 2.30. The van der Waals surface area contributed by atoms with Gasteiger partial charge in [-0.2, -0.15) is 5.10 Å². The van der Waals surface area contributed by atoms with Crippen molar-refractivity contribution in [2.75, 3.05) is 13.1 Å². The van der Waals surface area contributed by atoms with Crippen LogP contribution >= 0.6 is 0 Å². The number of hydrogen-bond donors (Lipinski definition) is 0. The molecule has 2 aliphatic heterocycles. The van der Waals surface area contributed by atoms with Crippen molar-refractivity contribution >= 4 is 11.6 Å². The maximum absolute atomic E-state index is 13.0. The van der Waals surface area contributed by atoms with Gasteiger partial charge in [0.15, 0.2) is 6.10 Å². The molecule has 2 aromatic rings. The van der Waals surface area contributed by atoms with E-state index < -0.39 is 0 Å². The zero-order valence-electron chi connectivity index (χ0n) is 14.6. The summed E-state index contributed by atoms with van der Waals surface area (Å²) in [6.45, 7) is 1.41. The fourth-order valence-electron chi connectivity index (χ4n) is 3.61. The van der Waals surface area contributed by atoms with E-state index in [-0.39, 0.29) is 17.8 Å². The number of rotatable bonds is 3. The van der Waals surface area contributed by atoms with Gasteiger partial charge in [-0.3, -0.25) is 9.48 Å². The third kappa shape index (κ3) is 3.34. The first kappa shape index (κ1) is 16.8. The number of benzene rings is 1. The second-order valence-corrected chi connectivity index (χ2v) is 6.90. The highest BCUT2D eigenvalue weighted by molar-refractivity contribution is 6.39. The number of nitrogens with zero attached hydrogens (tertiary/aromatic N) is 4. The Kier molecular flexibility index (Phi) is 4.44. The topological polar surface area (TPSA) is 59.7 Å². The van der Waals surface area contributed by atoms with E-state index in [1.54, 1.807) is 12.1 Å². The molecule has 3 heterocycles. The number of halogens is 1. The van der Waals surface area contributed by atoms with E-state index >= 15 is 0 Å². The van der Waals surface area contributed by atoms with Crippen molar-refractivity contribution in [3.63, 3.8) is 0 Å². The summed E-state index contributed by atoms with van der Waals surface area (Å²) in [5.41, 5.74) is 2.50. The van der Waals surface area contributed by atoms with Gasteiger partial charge >= 0.3 is 0 Å². The number of piperidine rings is 1. The van der Waals surface area contributed by atoms with Crippen molar-refractivity contribution in [2.24, 2.45) is 12.2 Å². The number of carbonyl (C=O) groups excluding carboxylic acids is 1. The molecule has 7 heteroatoms. The van der Waals surface area contributed by atoms with E-state index in [4.69, 9.17) is 4.84 Å². The molecular formula is C19H21FN4O2. The second kappa shape index (κ2) is 6.90. The Labute approximate surface area is 151 Å². The SMILES string of the molecule is Cn1cc(C2CCN(C(=O)C3=NOC(c4ccc(F)cc4)C3)CC2)cn1. The van der Waals surface area contributed by atoms with Crippen molar-refractivity contribution in [2.45, 2.75) is 31.3 Å². The molecule has 1 amide bonds. The number of likely N-dealkylation sites (tertiary alicyclic amines) is 1. The lowest BCUT2D eigenvalue weighted by Crippen LogP contribution is -2.41. The molecule has 26 heavy (non-hydrogen) atoms. The summed E-state index contributed by atoms with van der Waals surface area (Å²) in [6.07, 6.45) is 5.91. The first-order chi connectivity index (χ1) is 12.6. The van der Waals surface area contributed by atoms with E-state index in [0.29, 0.717) is 31.1 Å². The molecule has 0 aliphatic carbocycles. The largest absolute Gasteiger partial charge is 0.387 e. The van der Waals surface area contributed by atoms with Crippen LogP contribution in [0.3, 0.4) is 0 Å². The molecular weight excluding hydrogens is 335 g/mol. The number of oxime groups is 1. The van der Waals surface area contributed by atoms with Crippen LogP contribution in [0.2, 0.25) is 0 Å². The predicted octanol–water partition coefficient (Wildman–Crippen LogP) is 2.78. The summed E-state index contributed by atoms with van der Waals surface area (Å²) >= 11 is 0. The van der Waals surface area contributed by atoms with Gasteiger partial charge in [-0.25, -0.2) is 4.39 Å². The van der Waals surface area contributed by atoms with Crippen LogP contribution in [0.4, 0.5) is 4.39 Å². The number of hydrogen-bond acceptors (Lipinski definition) is 4. The Hall–Kier alpha value is -2.70. The van der Waals surface area contributed by atoms with Crippen molar-refractivity contribution in [1.82, 2.24) is 14.7 Å². The summed E-state index contributed by atoms with van der Waals surface area (Å²) in [5.74, 6) is 0.0983. The van der Waals surface area contributed by atoms with Gasteiger partial charge in [0.05, 0.1) is 6.20 Å². The summed E-state index contributed by atoms with van der Waals surface area (Å²) in [7, 11) is 1.91. The summed E-state index contributed by atoms with van der Waals surface area (Å²) < 4.78 is 14.9. The van der Waals surface area contributed by atoms with Crippen molar-refractivity contribution in [3.05, 3.63) is 53.6 Å². The summed E-state index contributed by atoms with van der Waals surface area (Å²) in [4.78, 5) is 20.0. The summed E-state index contributed by atoms with van der Waals surface area (Å²) in [6, 6.07) is 6.12. The first-order valence-electron chi connectivity index (χ1n) is 8.86. The van der Waals surface area contributed by atoms with Crippen LogP contribution in [-0.2, 0) is 16.7 Å². The molecule has 4 rings (SSSR count). The minimum absolute atomic E-state index is 0.0563. The average molecular weight is 356 g/mol. The van der Waals surface area contributed by atoms with E-state index in [2.05, 4.69) is 10.3 Å². The van der Waals surface area contributed by atoms with Gasteiger partial charge in [-0.05, 0) is 42.0 Å². The van der Waals surface area contributed by atoms with Gasteiger partial charge in [0.1, 0.15) is 11.5 Å². The fourth-order valence-corrected chi connectivity index (χ4v) is 3.61. The van der Waals surface area contributed by atoms with Crippen LogP contribution in [0.5, 0.6) is 0 Å². The van der Waals surface area contributed by atoms with E-state index in [1.165, 1.54) is 17.7 Å². The molecule has 2 aliphatic rings.